The quantitative estimate of drug-likeness (QED) is 0.702. The van der Waals surface area contributed by atoms with Gasteiger partial charge in [0.1, 0.15) is 0 Å². The Labute approximate surface area is 105 Å². The van der Waals surface area contributed by atoms with Crippen LogP contribution < -0.4 is 11.1 Å². The lowest BCUT2D eigenvalue weighted by Gasteiger charge is -2.28. The zero-order valence-corrected chi connectivity index (χ0v) is 10.6. The number of H-pyrrole nitrogens is 1. The molecule has 1 aromatic rings. The average molecular weight is 252 g/mol. The summed E-state index contributed by atoms with van der Waals surface area (Å²) in [4.78, 5) is 12.5. The molecule has 0 radical (unpaired) electrons. The number of nitrogens with one attached hydrogen (secondary N) is 2. The maximum Gasteiger partial charge on any atom is 0.255 e. The van der Waals surface area contributed by atoms with E-state index in [1.165, 1.54) is 6.20 Å². The summed E-state index contributed by atoms with van der Waals surface area (Å²) in [6, 6.07) is 0. The first-order valence-corrected chi connectivity index (χ1v) is 6.08. The number of hydrogen-bond donors (Lipinski definition) is 3. The SMILES string of the molecule is Cc1[nH]ncc1C(=O)NC1(C(N)=S)CCCC1. The molecule has 0 unspecified atom stereocenters. The lowest BCUT2D eigenvalue weighted by Crippen LogP contribution is -2.54. The maximum absolute atomic E-state index is 12.1. The van der Waals surface area contributed by atoms with Crippen LogP contribution in [-0.4, -0.2) is 26.6 Å². The number of nitrogens with zero attached hydrogens (tertiary/aromatic N) is 1. The first-order valence-electron chi connectivity index (χ1n) is 5.67. The molecule has 1 saturated carbocycles. The molecule has 2 rings (SSSR count). The molecule has 0 bridgehead atoms. The van der Waals surface area contributed by atoms with Gasteiger partial charge in [-0.3, -0.25) is 9.89 Å². The van der Waals surface area contributed by atoms with Crippen LogP contribution in [0.3, 0.4) is 0 Å². The predicted molar refractivity (Wildman–Crippen MR) is 68.8 cm³/mol. The lowest BCUT2D eigenvalue weighted by atomic mass is 9.97. The monoisotopic (exact) mass is 252 g/mol. The molecular weight excluding hydrogens is 236 g/mol. The van der Waals surface area contributed by atoms with E-state index in [0.29, 0.717) is 10.6 Å². The molecule has 92 valence electrons. The molecule has 5 nitrogen and oxygen atoms in total. The number of aromatic nitrogens is 2. The minimum absolute atomic E-state index is 0.161. The van der Waals surface area contributed by atoms with E-state index >= 15 is 0 Å². The molecule has 1 heterocycles. The first-order chi connectivity index (χ1) is 8.05. The summed E-state index contributed by atoms with van der Waals surface area (Å²) in [6.07, 6.45) is 5.26. The molecular formula is C11H16N4OS. The van der Waals surface area contributed by atoms with Crippen molar-refractivity contribution in [1.29, 1.82) is 0 Å². The zero-order valence-electron chi connectivity index (χ0n) is 9.75. The molecule has 0 aliphatic heterocycles. The van der Waals surface area contributed by atoms with E-state index in [1.54, 1.807) is 0 Å². The molecule has 17 heavy (non-hydrogen) atoms. The third kappa shape index (κ3) is 2.17. The molecule has 6 heteroatoms. The maximum atomic E-state index is 12.1. The van der Waals surface area contributed by atoms with Crippen LogP contribution in [0.4, 0.5) is 0 Å². The second-order valence-electron chi connectivity index (χ2n) is 4.52. The van der Waals surface area contributed by atoms with Crippen LogP contribution in [0.25, 0.3) is 0 Å². The number of aromatic amines is 1. The van der Waals surface area contributed by atoms with Crippen LogP contribution in [-0.2, 0) is 0 Å². The van der Waals surface area contributed by atoms with Gasteiger partial charge in [0.2, 0.25) is 0 Å². The Morgan fingerprint density at radius 2 is 2.24 bits per heavy atom. The predicted octanol–water partition coefficient (Wildman–Crippen LogP) is 1.05. The fourth-order valence-electron chi connectivity index (χ4n) is 2.28. The Hall–Kier alpha value is -1.43. The van der Waals surface area contributed by atoms with Gasteiger partial charge in [0.05, 0.1) is 22.3 Å². The summed E-state index contributed by atoms with van der Waals surface area (Å²) in [7, 11) is 0. The molecule has 1 aliphatic carbocycles. The topological polar surface area (TPSA) is 83.8 Å². The van der Waals surface area contributed by atoms with E-state index in [-0.39, 0.29) is 5.91 Å². The number of aryl methyl sites for hydroxylation is 1. The van der Waals surface area contributed by atoms with Gasteiger partial charge in [-0.2, -0.15) is 5.10 Å². The molecule has 1 amide bonds. The summed E-state index contributed by atoms with van der Waals surface area (Å²) in [5.41, 5.74) is 6.56. The highest BCUT2D eigenvalue weighted by atomic mass is 32.1. The normalized spacial score (nSPS) is 17.9. The summed E-state index contributed by atoms with van der Waals surface area (Å²) in [5.74, 6) is -0.161. The van der Waals surface area contributed by atoms with Gasteiger partial charge in [0.25, 0.3) is 5.91 Å². The van der Waals surface area contributed by atoms with Crippen molar-refractivity contribution in [1.82, 2.24) is 15.5 Å². The summed E-state index contributed by atoms with van der Waals surface area (Å²) in [6.45, 7) is 1.81. The van der Waals surface area contributed by atoms with Gasteiger partial charge in [0, 0.05) is 5.69 Å². The van der Waals surface area contributed by atoms with Gasteiger partial charge in [-0.05, 0) is 19.8 Å². The van der Waals surface area contributed by atoms with Crippen molar-refractivity contribution >= 4 is 23.1 Å². The lowest BCUT2D eigenvalue weighted by molar-refractivity contribution is 0.0924. The molecule has 0 atom stereocenters. The number of hydrogen-bond acceptors (Lipinski definition) is 3. The van der Waals surface area contributed by atoms with Crippen LogP contribution in [0.15, 0.2) is 6.20 Å². The Kier molecular flexibility index (Phi) is 3.15. The third-order valence-corrected chi connectivity index (χ3v) is 3.75. The van der Waals surface area contributed by atoms with Gasteiger partial charge in [0.15, 0.2) is 0 Å². The average Bonchev–Trinajstić information content (AvgIpc) is 2.87. The molecule has 1 aliphatic rings. The number of rotatable bonds is 3. The van der Waals surface area contributed by atoms with Crippen molar-refractivity contribution in [3.63, 3.8) is 0 Å². The summed E-state index contributed by atoms with van der Waals surface area (Å²) < 4.78 is 0. The van der Waals surface area contributed by atoms with Gasteiger partial charge in [-0.1, -0.05) is 25.1 Å². The molecule has 1 aromatic heterocycles. The molecule has 1 fully saturated rings. The van der Waals surface area contributed by atoms with Crippen LogP contribution in [0, 0.1) is 6.92 Å². The van der Waals surface area contributed by atoms with Crippen molar-refractivity contribution in [2.24, 2.45) is 5.73 Å². The van der Waals surface area contributed by atoms with Crippen molar-refractivity contribution in [3.8, 4) is 0 Å². The minimum atomic E-state index is -0.504. The van der Waals surface area contributed by atoms with Gasteiger partial charge >= 0.3 is 0 Å². The Morgan fingerprint density at radius 3 is 2.71 bits per heavy atom. The molecule has 0 aromatic carbocycles. The summed E-state index contributed by atoms with van der Waals surface area (Å²) in [5, 5.41) is 9.55. The highest BCUT2D eigenvalue weighted by Crippen LogP contribution is 2.30. The van der Waals surface area contributed by atoms with Crippen molar-refractivity contribution in [2.75, 3.05) is 0 Å². The van der Waals surface area contributed by atoms with Gasteiger partial charge in [-0.15, -0.1) is 0 Å². The Balaban J connectivity index is 2.17. The Morgan fingerprint density at radius 1 is 1.59 bits per heavy atom. The fraction of sp³-hybridized carbons (Fsp3) is 0.545. The second kappa shape index (κ2) is 4.44. The van der Waals surface area contributed by atoms with E-state index in [4.69, 9.17) is 18.0 Å². The number of amides is 1. The second-order valence-corrected chi connectivity index (χ2v) is 4.96. The smallest absolute Gasteiger partial charge is 0.255 e. The van der Waals surface area contributed by atoms with Crippen molar-refractivity contribution in [2.45, 2.75) is 38.1 Å². The van der Waals surface area contributed by atoms with Crippen LogP contribution in [0.2, 0.25) is 0 Å². The number of carbonyl (C=O) groups is 1. The number of carbonyl (C=O) groups excluding carboxylic acids is 1. The summed E-state index contributed by atoms with van der Waals surface area (Å²) >= 11 is 5.09. The zero-order chi connectivity index (χ0) is 12.5. The van der Waals surface area contributed by atoms with E-state index < -0.39 is 5.54 Å². The van der Waals surface area contributed by atoms with Crippen molar-refractivity contribution in [3.05, 3.63) is 17.5 Å². The van der Waals surface area contributed by atoms with Gasteiger partial charge < -0.3 is 11.1 Å². The molecule has 0 spiro atoms. The highest BCUT2D eigenvalue weighted by molar-refractivity contribution is 7.80. The minimum Gasteiger partial charge on any atom is -0.391 e. The number of thiocarbonyl (C=S) groups is 1. The fourth-order valence-corrected chi connectivity index (χ4v) is 2.53. The van der Waals surface area contributed by atoms with Gasteiger partial charge in [-0.25, -0.2) is 0 Å². The molecule has 4 N–H and O–H groups in total. The Bertz CT molecular complexity index is 448. The first kappa shape index (κ1) is 12.0. The number of nitrogens with two attached hydrogens (primary N) is 1. The molecule has 0 saturated heterocycles. The van der Waals surface area contributed by atoms with E-state index in [0.717, 1.165) is 31.4 Å². The van der Waals surface area contributed by atoms with Crippen LogP contribution in [0.5, 0.6) is 0 Å². The van der Waals surface area contributed by atoms with E-state index in [1.807, 2.05) is 6.92 Å². The van der Waals surface area contributed by atoms with Crippen molar-refractivity contribution < 1.29 is 4.79 Å². The van der Waals surface area contributed by atoms with Crippen LogP contribution >= 0.6 is 12.2 Å². The highest BCUT2D eigenvalue weighted by Gasteiger charge is 2.38. The standard InChI is InChI=1S/C11H16N4OS/c1-7-8(6-13-15-7)9(16)14-11(10(12)17)4-2-3-5-11/h6H,2-5H2,1H3,(H2,12,17)(H,13,15)(H,14,16). The van der Waals surface area contributed by atoms with E-state index in [2.05, 4.69) is 15.5 Å². The van der Waals surface area contributed by atoms with Crippen LogP contribution in [0.1, 0.15) is 41.7 Å². The largest absolute Gasteiger partial charge is 0.391 e. The third-order valence-electron chi connectivity index (χ3n) is 3.36. The van der Waals surface area contributed by atoms with E-state index in [9.17, 15) is 4.79 Å².